The van der Waals surface area contributed by atoms with Gasteiger partial charge in [-0.05, 0) is 13.2 Å². The van der Waals surface area contributed by atoms with E-state index >= 15 is 0 Å². The van der Waals surface area contributed by atoms with Crippen LogP contribution in [0, 0.1) is 0 Å². The molecule has 0 spiro atoms. The van der Waals surface area contributed by atoms with Gasteiger partial charge in [-0.3, -0.25) is 0 Å². The topological polar surface area (TPSA) is 69.6 Å². The second-order valence-corrected chi connectivity index (χ2v) is 5.99. The summed E-state index contributed by atoms with van der Waals surface area (Å²) < 4.78 is 0. The van der Waals surface area contributed by atoms with Crippen molar-refractivity contribution in [3.05, 3.63) is 0 Å². The van der Waals surface area contributed by atoms with E-state index in [0.29, 0.717) is 12.3 Å². The molecule has 7 heteroatoms. The molecular weight excluding hydrogens is 260 g/mol. The monoisotopic (exact) mass is 278 g/mol. The summed E-state index contributed by atoms with van der Waals surface area (Å²) in [6.45, 7) is 2.42. The molecule has 17 heavy (non-hydrogen) atoms. The lowest BCUT2D eigenvalue weighted by Crippen LogP contribution is -2.55. The summed E-state index contributed by atoms with van der Waals surface area (Å²) in [5.41, 5.74) is 0. The van der Waals surface area contributed by atoms with Crippen molar-refractivity contribution in [1.82, 2.24) is 10.2 Å². The highest BCUT2D eigenvalue weighted by atomic mass is 32.2. The zero-order chi connectivity index (χ0) is 12.8. The molecule has 1 saturated heterocycles. The molecule has 1 aliphatic heterocycles. The summed E-state index contributed by atoms with van der Waals surface area (Å²) in [5.74, 6) is 1.17. The molecule has 98 valence electrons. The minimum atomic E-state index is -0.926. The lowest BCUT2D eigenvalue weighted by Gasteiger charge is -2.33. The second-order valence-electron chi connectivity index (χ2n) is 3.93. The van der Waals surface area contributed by atoms with Gasteiger partial charge in [0, 0.05) is 29.8 Å². The highest BCUT2D eigenvalue weighted by Crippen LogP contribution is 2.16. The van der Waals surface area contributed by atoms with Crippen molar-refractivity contribution >= 4 is 35.5 Å². The number of rotatable bonds is 4. The highest BCUT2D eigenvalue weighted by molar-refractivity contribution is 7.99. The third-order valence-electron chi connectivity index (χ3n) is 2.46. The van der Waals surface area contributed by atoms with E-state index in [4.69, 9.17) is 5.11 Å². The number of nitrogens with one attached hydrogen (secondary N) is 1. The van der Waals surface area contributed by atoms with Gasteiger partial charge in [0.25, 0.3) is 0 Å². The van der Waals surface area contributed by atoms with Gasteiger partial charge in [0.15, 0.2) is 0 Å². The van der Waals surface area contributed by atoms with Gasteiger partial charge in [0.05, 0.1) is 0 Å². The number of aliphatic carboxylic acids is 1. The van der Waals surface area contributed by atoms with E-state index in [1.165, 1.54) is 4.90 Å². The summed E-state index contributed by atoms with van der Waals surface area (Å²) >= 11 is 3.23. The maximum Gasteiger partial charge on any atom is 0.327 e. The average molecular weight is 278 g/mol. The predicted molar refractivity (Wildman–Crippen MR) is 71.8 cm³/mol. The van der Waals surface area contributed by atoms with Gasteiger partial charge >= 0.3 is 12.0 Å². The Bertz CT molecular complexity index is 289. The molecule has 2 N–H and O–H groups in total. The number of hydrogen-bond acceptors (Lipinski definition) is 4. The minimum absolute atomic E-state index is 0.0570. The Morgan fingerprint density at radius 1 is 1.65 bits per heavy atom. The summed E-state index contributed by atoms with van der Waals surface area (Å²) in [6, 6.07) is -0.906. The Morgan fingerprint density at radius 2 is 2.35 bits per heavy atom. The maximum atomic E-state index is 11.9. The lowest BCUT2D eigenvalue weighted by molar-refractivity contribution is -0.141. The largest absolute Gasteiger partial charge is 0.480 e. The fraction of sp³-hybridized carbons (Fsp3) is 0.800. The van der Waals surface area contributed by atoms with Crippen LogP contribution in [0.15, 0.2) is 0 Å². The maximum absolute atomic E-state index is 11.9. The zero-order valence-electron chi connectivity index (χ0n) is 10.0. The molecule has 1 fully saturated rings. The third kappa shape index (κ3) is 4.31. The van der Waals surface area contributed by atoms with Crippen molar-refractivity contribution in [2.75, 3.05) is 30.1 Å². The number of amides is 2. The molecule has 0 aromatic rings. The fourth-order valence-electron chi connectivity index (χ4n) is 1.64. The van der Waals surface area contributed by atoms with Gasteiger partial charge in [0.1, 0.15) is 6.04 Å². The molecule has 0 radical (unpaired) electrons. The molecule has 0 aliphatic carbocycles. The van der Waals surface area contributed by atoms with Gasteiger partial charge in [-0.15, -0.1) is 0 Å². The highest BCUT2D eigenvalue weighted by Gasteiger charge is 2.32. The lowest BCUT2D eigenvalue weighted by atomic mass is 10.3. The molecule has 1 rings (SSSR count). The molecule has 5 nitrogen and oxygen atoms in total. The van der Waals surface area contributed by atoms with Crippen LogP contribution >= 0.6 is 23.5 Å². The molecule has 2 amide bonds. The van der Waals surface area contributed by atoms with Crippen molar-refractivity contribution in [3.8, 4) is 0 Å². The van der Waals surface area contributed by atoms with E-state index in [-0.39, 0.29) is 12.1 Å². The van der Waals surface area contributed by atoms with Crippen molar-refractivity contribution in [2.24, 2.45) is 0 Å². The first-order valence-corrected chi connectivity index (χ1v) is 7.97. The van der Waals surface area contributed by atoms with Crippen LogP contribution in [0.2, 0.25) is 0 Å². The smallest absolute Gasteiger partial charge is 0.327 e. The van der Waals surface area contributed by atoms with Crippen molar-refractivity contribution < 1.29 is 14.7 Å². The van der Waals surface area contributed by atoms with Gasteiger partial charge in [0.2, 0.25) is 0 Å². The van der Waals surface area contributed by atoms with E-state index < -0.39 is 12.0 Å². The number of carboxylic acid groups (broad SMARTS) is 1. The van der Waals surface area contributed by atoms with E-state index in [2.05, 4.69) is 5.32 Å². The Hall–Kier alpha value is -0.560. The molecule has 0 saturated carbocycles. The van der Waals surface area contributed by atoms with Crippen LogP contribution in [0.1, 0.15) is 6.92 Å². The van der Waals surface area contributed by atoms with Crippen molar-refractivity contribution in [3.63, 3.8) is 0 Å². The summed E-state index contributed by atoms with van der Waals surface area (Å²) in [7, 11) is 0. The van der Waals surface area contributed by atoms with E-state index in [1.54, 1.807) is 23.5 Å². The number of thioether (sulfide) groups is 2. The number of nitrogens with zero attached hydrogens (tertiary/aromatic N) is 1. The molecule has 0 bridgehead atoms. The number of carbonyl (C=O) groups is 2. The molecule has 0 aromatic carbocycles. The molecule has 0 aromatic heterocycles. The van der Waals surface area contributed by atoms with Crippen molar-refractivity contribution in [2.45, 2.75) is 19.0 Å². The van der Waals surface area contributed by atoms with Crippen LogP contribution in [0.5, 0.6) is 0 Å². The first-order chi connectivity index (χ1) is 8.06. The zero-order valence-corrected chi connectivity index (χ0v) is 11.6. The Balaban J connectivity index is 2.56. The predicted octanol–water partition coefficient (Wildman–Crippen LogP) is 0.950. The molecule has 2 atom stereocenters. The first-order valence-electron chi connectivity index (χ1n) is 5.43. The van der Waals surface area contributed by atoms with Crippen LogP contribution in [-0.4, -0.2) is 64.1 Å². The number of hydrogen-bond donors (Lipinski definition) is 2. The summed E-state index contributed by atoms with van der Waals surface area (Å²) in [5, 5.41) is 11.9. The normalized spacial score (nSPS) is 22.0. The van der Waals surface area contributed by atoms with Gasteiger partial charge in [-0.1, -0.05) is 0 Å². The average Bonchev–Trinajstić information content (AvgIpc) is 2.29. The molecule has 2 unspecified atom stereocenters. The summed E-state index contributed by atoms with van der Waals surface area (Å²) in [6.07, 6.45) is 1.97. The van der Waals surface area contributed by atoms with E-state index in [1.807, 2.05) is 13.2 Å². The second kappa shape index (κ2) is 7.00. The molecule has 1 aliphatic rings. The number of carboxylic acids is 1. The standard InChI is InChI=1S/C10H18N2O3S2/c1-7(5-16-2)11-10(15)12-3-4-17-6-8(12)9(13)14/h7-8H,3-6H2,1-2H3,(H,11,15)(H,13,14). The van der Waals surface area contributed by atoms with Gasteiger partial charge in [-0.2, -0.15) is 23.5 Å². The van der Waals surface area contributed by atoms with Crippen LogP contribution in [0.3, 0.4) is 0 Å². The summed E-state index contributed by atoms with van der Waals surface area (Å²) in [4.78, 5) is 24.4. The molecular formula is C10H18N2O3S2. The van der Waals surface area contributed by atoms with E-state index in [9.17, 15) is 9.59 Å². The van der Waals surface area contributed by atoms with Crippen LogP contribution in [0.4, 0.5) is 4.79 Å². The van der Waals surface area contributed by atoms with E-state index in [0.717, 1.165) is 11.5 Å². The Kier molecular flexibility index (Phi) is 5.97. The first kappa shape index (κ1) is 14.5. The van der Waals surface area contributed by atoms with Crippen molar-refractivity contribution in [1.29, 1.82) is 0 Å². The van der Waals surface area contributed by atoms with Crippen LogP contribution in [0.25, 0.3) is 0 Å². The Labute approximate surface area is 110 Å². The quantitative estimate of drug-likeness (QED) is 0.801. The van der Waals surface area contributed by atoms with Gasteiger partial charge in [-0.25, -0.2) is 9.59 Å². The number of carbonyl (C=O) groups excluding carboxylic acids is 1. The Morgan fingerprint density at radius 3 is 2.94 bits per heavy atom. The third-order valence-corrected chi connectivity index (χ3v) is 4.32. The minimum Gasteiger partial charge on any atom is -0.480 e. The van der Waals surface area contributed by atoms with Crippen LogP contribution in [-0.2, 0) is 4.79 Å². The number of urea groups is 1. The SMILES string of the molecule is CSCC(C)NC(=O)N1CCSCC1C(=O)O. The van der Waals surface area contributed by atoms with Crippen LogP contribution < -0.4 is 5.32 Å². The fourth-order valence-corrected chi connectivity index (χ4v) is 3.26. The van der Waals surface area contributed by atoms with Gasteiger partial charge < -0.3 is 15.3 Å². The molecule has 1 heterocycles.